The van der Waals surface area contributed by atoms with Gasteiger partial charge in [0, 0.05) is 18.8 Å². The largest absolute Gasteiger partial charge is 0.323 e. The molecule has 110 valence electrons. The number of aromatic nitrogens is 5. The summed E-state index contributed by atoms with van der Waals surface area (Å²) in [5, 5.41) is 7.71. The Labute approximate surface area is 120 Å². The van der Waals surface area contributed by atoms with Crippen molar-refractivity contribution in [2.45, 2.75) is 53.2 Å². The summed E-state index contributed by atoms with van der Waals surface area (Å²) in [5.41, 5.74) is 1.19. The van der Waals surface area contributed by atoms with Crippen LogP contribution in [0, 0.1) is 6.92 Å². The number of hydrogen-bond donors (Lipinski definition) is 1. The van der Waals surface area contributed by atoms with Crippen molar-refractivity contribution in [2.75, 3.05) is 6.54 Å². The first-order valence-electron chi connectivity index (χ1n) is 7.23. The molecular formula is C14H24N6. The topological polar surface area (TPSA) is 60.6 Å². The normalized spacial score (nSPS) is 11.4. The van der Waals surface area contributed by atoms with Gasteiger partial charge in [-0.2, -0.15) is 5.10 Å². The molecule has 20 heavy (non-hydrogen) atoms. The van der Waals surface area contributed by atoms with Gasteiger partial charge in [0.15, 0.2) is 0 Å². The Bertz CT molecular complexity index is 540. The summed E-state index contributed by atoms with van der Waals surface area (Å²) in [6.07, 6.45) is 4.69. The SMILES string of the molecule is CCCNCc1cnc(C)n1Cc1ncnn1C(C)C. The van der Waals surface area contributed by atoms with Crippen LogP contribution in [0.25, 0.3) is 0 Å². The summed E-state index contributed by atoms with van der Waals surface area (Å²) in [6.45, 7) is 11.0. The Hall–Kier alpha value is -1.69. The molecule has 0 fully saturated rings. The van der Waals surface area contributed by atoms with Crippen LogP contribution in [0.4, 0.5) is 0 Å². The lowest BCUT2D eigenvalue weighted by Crippen LogP contribution is -2.19. The summed E-state index contributed by atoms with van der Waals surface area (Å²) < 4.78 is 4.16. The van der Waals surface area contributed by atoms with E-state index in [0.717, 1.165) is 31.2 Å². The van der Waals surface area contributed by atoms with Gasteiger partial charge in [-0.05, 0) is 33.7 Å². The standard InChI is InChI=1S/C14H24N6/c1-5-6-15-7-13-8-16-12(4)19(13)9-14-17-10-18-20(14)11(2)3/h8,10-11,15H,5-7,9H2,1-4H3. The highest BCUT2D eigenvalue weighted by Gasteiger charge is 2.12. The van der Waals surface area contributed by atoms with Crippen molar-refractivity contribution < 1.29 is 0 Å². The second-order valence-electron chi connectivity index (χ2n) is 5.27. The van der Waals surface area contributed by atoms with Gasteiger partial charge in [0.25, 0.3) is 0 Å². The minimum atomic E-state index is 0.318. The smallest absolute Gasteiger partial charge is 0.147 e. The van der Waals surface area contributed by atoms with Gasteiger partial charge in [-0.1, -0.05) is 6.92 Å². The molecule has 0 spiro atoms. The maximum absolute atomic E-state index is 4.42. The van der Waals surface area contributed by atoms with E-state index in [1.54, 1.807) is 6.33 Å². The fraction of sp³-hybridized carbons (Fsp3) is 0.643. The molecule has 0 saturated carbocycles. The van der Waals surface area contributed by atoms with Gasteiger partial charge in [-0.15, -0.1) is 0 Å². The maximum Gasteiger partial charge on any atom is 0.147 e. The molecule has 2 aromatic rings. The van der Waals surface area contributed by atoms with Crippen molar-refractivity contribution in [1.82, 2.24) is 29.6 Å². The third-order valence-electron chi connectivity index (χ3n) is 3.31. The zero-order valence-electron chi connectivity index (χ0n) is 12.8. The quantitative estimate of drug-likeness (QED) is 0.785. The molecule has 2 rings (SSSR count). The lowest BCUT2D eigenvalue weighted by atomic mass is 10.3. The predicted molar refractivity (Wildman–Crippen MR) is 78.5 cm³/mol. The van der Waals surface area contributed by atoms with Crippen LogP contribution >= 0.6 is 0 Å². The average molecular weight is 276 g/mol. The molecule has 2 heterocycles. The van der Waals surface area contributed by atoms with E-state index in [4.69, 9.17) is 0 Å². The van der Waals surface area contributed by atoms with Crippen LogP contribution in [-0.4, -0.2) is 30.9 Å². The van der Waals surface area contributed by atoms with Crippen LogP contribution in [-0.2, 0) is 13.1 Å². The van der Waals surface area contributed by atoms with E-state index in [1.165, 1.54) is 5.69 Å². The molecule has 1 N–H and O–H groups in total. The lowest BCUT2D eigenvalue weighted by molar-refractivity contribution is 0.490. The molecule has 0 unspecified atom stereocenters. The molecule has 6 heteroatoms. The van der Waals surface area contributed by atoms with E-state index in [0.29, 0.717) is 12.6 Å². The Kier molecular flexibility index (Phi) is 4.89. The third kappa shape index (κ3) is 3.25. The number of imidazole rings is 1. The highest BCUT2D eigenvalue weighted by Crippen LogP contribution is 2.11. The van der Waals surface area contributed by atoms with Crippen LogP contribution in [0.5, 0.6) is 0 Å². The molecule has 0 aliphatic rings. The molecule has 0 amide bonds. The summed E-state index contributed by atoms with van der Waals surface area (Å²) in [4.78, 5) is 8.79. The molecule has 0 atom stereocenters. The van der Waals surface area contributed by atoms with Gasteiger partial charge in [-0.25, -0.2) is 14.6 Å². The lowest BCUT2D eigenvalue weighted by Gasteiger charge is -2.13. The molecule has 0 radical (unpaired) electrons. The first-order chi connectivity index (χ1) is 9.63. The zero-order chi connectivity index (χ0) is 14.5. The van der Waals surface area contributed by atoms with Crippen molar-refractivity contribution in [3.63, 3.8) is 0 Å². The van der Waals surface area contributed by atoms with Crippen LogP contribution in [0.1, 0.15) is 50.6 Å². The minimum Gasteiger partial charge on any atom is -0.323 e. The summed E-state index contributed by atoms with van der Waals surface area (Å²) in [5.74, 6) is 1.98. The monoisotopic (exact) mass is 276 g/mol. The Morgan fingerprint density at radius 2 is 2.10 bits per heavy atom. The van der Waals surface area contributed by atoms with E-state index >= 15 is 0 Å². The average Bonchev–Trinajstić information content (AvgIpc) is 3.00. The molecule has 0 aliphatic heterocycles. The van der Waals surface area contributed by atoms with Gasteiger partial charge in [-0.3, -0.25) is 0 Å². The summed E-state index contributed by atoms with van der Waals surface area (Å²) in [7, 11) is 0. The van der Waals surface area contributed by atoms with Crippen molar-refractivity contribution >= 4 is 0 Å². The minimum absolute atomic E-state index is 0.318. The Balaban J connectivity index is 2.16. The Morgan fingerprint density at radius 3 is 2.80 bits per heavy atom. The summed E-state index contributed by atoms with van der Waals surface area (Å²) >= 11 is 0. The van der Waals surface area contributed by atoms with Gasteiger partial charge < -0.3 is 9.88 Å². The van der Waals surface area contributed by atoms with E-state index < -0.39 is 0 Å². The predicted octanol–water partition coefficient (Wildman–Crippen LogP) is 1.91. The summed E-state index contributed by atoms with van der Waals surface area (Å²) in [6, 6.07) is 0.318. The first kappa shape index (κ1) is 14.7. The molecule has 0 saturated heterocycles. The van der Waals surface area contributed by atoms with Gasteiger partial charge in [0.2, 0.25) is 0 Å². The second kappa shape index (κ2) is 6.65. The number of nitrogens with zero attached hydrogens (tertiary/aromatic N) is 5. The highest BCUT2D eigenvalue weighted by atomic mass is 15.4. The fourth-order valence-corrected chi connectivity index (χ4v) is 2.23. The van der Waals surface area contributed by atoms with Gasteiger partial charge >= 0.3 is 0 Å². The molecule has 0 bridgehead atoms. The molecule has 6 nitrogen and oxygen atoms in total. The van der Waals surface area contributed by atoms with E-state index in [2.05, 4.69) is 45.7 Å². The number of hydrogen-bond acceptors (Lipinski definition) is 4. The van der Waals surface area contributed by atoms with Crippen LogP contribution < -0.4 is 5.32 Å². The van der Waals surface area contributed by atoms with Crippen molar-refractivity contribution in [1.29, 1.82) is 0 Å². The van der Waals surface area contributed by atoms with E-state index in [-0.39, 0.29) is 0 Å². The van der Waals surface area contributed by atoms with Crippen molar-refractivity contribution in [3.8, 4) is 0 Å². The number of nitrogens with one attached hydrogen (secondary N) is 1. The highest BCUT2D eigenvalue weighted by molar-refractivity contribution is 5.07. The molecule has 2 aromatic heterocycles. The van der Waals surface area contributed by atoms with Crippen LogP contribution in [0.3, 0.4) is 0 Å². The zero-order valence-corrected chi connectivity index (χ0v) is 12.8. The first-order valence-corrected chi connectivity index (χ1v) is 7.23. The molecular weight excluding hydrogens is 252 g/mol. The van der Waals surface area contributed by atoms with E-state index in [9.17, 15) is 0 Å². The van der Waals surface area contributed by atoms with E-state index in [1.807, 2.05) is 17.8 Å². The molecule has 0 aromatic carbocycles. The number of aryl methyl sites for hydroxylation is 1. The van der Waals surface area contributed by atoms with Crippen LogP contribution in [0.15, 0.2) is 12.5 Å². The second-order valence-corrected chi connectivity index (χ2v) is 5.27. The van der Waals surface area contributed by atoms with Crippen molar-refractivity contribution in [3.05, 3.63) is 29.9 Å². The fourth-order valence-electron chi connectivity index (χ4n) is 2.23. The van der Waals surface area contributed by atoms with Crippen LogP contribution in [0.2, 0.25) is 0 Å². The maximum atomic E-state index is 4.42. The van der Waals surface area contributed by atoms with Gasteiger partial charge in [0.1, 0.15) is 18.0 Å². The van der Waals surface area contributed by atoms with Gasteiger partial charge in [0.05, 0.1) is 12.2 Å². The number of rotatable bonds is 7. The third-order valence-corrected chi connectivity index (χ3v) is 3.31. The van der Waals surface area contributed by atoms with Crippen molar-refractivity contribution in [2.24, 2.45) is 0 Å². The molecule has 0 aliphatic carbocycles. The Morgan fingerprint density at radius 1 is 1.30 bits per heavy atom.